The van der Waals surface area contributed by atoms with Gasteiger partial charge in [0.2, 0.25) is 12.4 Å². The molecule has 6 rings (SSSR count). The number of fused-ring (bicyclic) bond motifs is 2. The van der Waals surface area contributed by atoms with Crippen molar-refractivity contribution < 1.29 is 13.5 Å². The molecule has 2 fully saturated rings. The normalized spacial score (nSPS) is 21.6. The molecule has 6 heterocycles. The van der Waals surface area contributed by atoms with E-state index in [2.05, 4.69) is 25.3 Å². The van der Waals surface area contributed by atoms with Gasteiger partial charge in [-0.15, -0.1) is 5.10 Å². The molecule has 3 aliphatic rings. The molecule has 3 aromatic rings. The molecule has 0 radical (unpaired) electrons. The molecule has 1 atom stereocenters. The van der Waals surface area contributed by atoms with Crippen molar-refractivity contribution in [2.24, 2.45) is 4.99 Å². The van der Waals surface area contributed by atoms with Crippen molar-refractivity contribution in [3.63, 3.8) is 0 Å². The van der Waals surface area contributed by atoms with Crippen LogP contribution in [0.25, 0.3) is 16.8 Å². The third-order valence-corrected chi connectivity index (χ3v) is 7.14. The zero-order valence-corrected chi connectivity index (χ0v) is 19.0. The molecule has 0 aromatic carbocycles. The molecule has 0 aliphatic carbocycles. The molecule has 0 amide bonds. The molecule has 1 unspecified atom stereocenters. The summed E-state index contributed by atoms with van der Waals surface area (Å²) in [5.41, 5.74) is 4.38. The van der Waals surface area contributed by atoms with Gasteiger partial charge in [-0.05, 0) is 38.0 Å². The van der Waals surface area contributed by atoms with Gasteiger partial charge in [0.1, 0.15) is 0 Å². The highest BCUT2D eigenvalue weighted by molar-refractivity contribution is 5.96. The highest BCUT2D eigenvalue weighted by Crippen LogP contribution is 2.39. The lowest BCUT2D eigenvalue weighted by Gasteiger charge is -2.41. The number of likely N-dealkylation sites (tertiary alicyclic amines) is 1. The van der Waals surface area contributed by atoms with Crippen molar-refractivity contribution in [3.05, 3.63) is 36.3 Å². The Hall–Kier alpha value is -2.98. The van der Waals surface area contributed by atoms with E-state index >= 15 is 0 Å². The van der Waals surface area contributed by atoms with E-state index in [-0.39, 0.29) is 6.42 Å². The fraction of sp³-hybridized carbons (Fsp3) is 0.500. The summed E-state index contributed by atoms with van der Waals surface area (Å²) in [6.45, 7) is 5.61. The summed E-state index contributed by atoms with van der Waals surface area (Å²) in [6, 6.07) is 6.60. The van der Waals surface area contributed by atoms with E-state index in [9.17, 15) is 8.78 Å². The van der Waals surface area contributed by atoms with Crippen LogP contribution >= 0.6 is 0 Å². The van der Waals surface area contributed by atoms with Crippen molar-refractivity contribution in [1.29, 1.82) is 0 Å². The third kappa shape index (κ3) is 3.94. The van der Waals surface area contributed by atoms with Gasteiger partial charge in [0.05, 0.1) is 48.0 Å². The predicted molar refractivity (Wildman–Crippen MR) is 125 cm³/mol. The molecule has 178 valence electrons. The van der Waals surface area contributed by atoms with Crippen LogP contribution in [-0.2, 0) is 4.74 Å². The summed E-state index contributed by atoms with van der Waals surface area (Å²) < 4.78 is 33.3. The Morgan fingerprint density at radius 1 is 1.18 bits per heavy atom. The van der Waals surface area contributed by atoms with E-state index in [0.29, 0.717) is 40.8 Å². The number of hydrogen-bond acceptors (Lipinski definition) is 7. The summed E-state index contributed by atoms with van der Waals surface area (Å²) in [5, 5.41) is 8.12. The van der Waals surface area contributed by atoms with Crippen LogP contribution in [0.3, 0.4) is 0 Å². The monoisotopic (exact) mass is 467 g/mol. The number of piperidine rings is 1. The zero-order valence-electron chi connectivity index (χ0n) is 19.0. The largest absolute Gasteiger partial charge is 0.378 e. The third-order valence-electron chi connectivity index (χ3n) is 7.14. The van der Waals surface area contributed by atoms with E-state index in [4.69, 9.17) is 9.72 Å². The maximum Gasteiger partial charge on any atom is 0.241 e. The quantitative estimate of drug-likeness (QED) is 0.592. The summed E-state index contributed by atoms with van der Waals surface area (Å²) in [4.78, 5) is 16.2. The summed E-state index contributed by atoms with van der Waals surface area (Å²) >= 11 is 0. The number of pyridine rings is 1. The number of ether oxygens (including phenoxy) is 1. The molecule has 1 N–H and O–H groups in total. The van der Waals surface area contributed by atoms with E-state index in [1.165, 1.54) is 0 Å². The van der Waals surface area contributed by atoms with E-state index in [1.54, 1.807) is 17.6 Å². The molecular weight excluding hydrogens is 440 g/mol. The second kappa shape index (κ2) is 8.66. The SMILES string of the molecule is CC1=Nc2ccc(-c3ccn4nc(NC5CCN(C6COC6)CC5)ncc34)nc2C1CC(F)F. The number of aromatic nitrogens is 4. The standard InChI is InChI=1S/C24H27F2N7O/c1-14-18(10-22(25)26)23-20(28-14)3-2-19(30-23)17-6-9-33-21(17)11-27-24(31-33)29-15-4-7-32(8-5-15)16-12-34-13-16/h2-3,6,9,11,15-16,18,22H,4-5,7-8,10,12-13H2,1H3,(H,29,31). The van der Waals surface area contributed by atoms with Crippen molar-refractivity contribution >= 4 is 22.9 Å². The predicted octanol–water partition coefficient (Wildman–Crippen LogP) is 3.91. The van der Waals surface area contributed by atoms with E-state index in [0.717, 1.165) is 50.2 Å². The first-order chi connectivity index (χ1) is 16.5. The number of nitrogens with zero attached hydrogens (tertiary/aromatic N) is 6. The molecule has 2 saturated heterocycles. The minimum absolute atomic E-state index is 0.263. The van der Waals surface area contributed by atoms with Gasteiger partial charge in [0.25, 0.3) is 0 Å². The van der Waals surface area contributed by atoms with Crippen LogP contribution in [0.1, 0.15) is 37.8 Å². The Morgan fingerprint density at radius 2 is 2.00 bits per heavy atom. The molecule has 0 bridgehead atoms. The van der Waals surface area contributed by atoms with Gasteiger partial charge in [0.15, 0.2) is 0 Å². The number of halogens is 2. The highest BCUT2D eigenvalue weighted by atomic mass is 19.3. The lowest BCUT2D eigenvalue weighted by atomic mass is 9.97. The lowest BCUT2D eigenvalue weighted by molar-refractivity contribution is -0.0705. The Kier molecular flexibility index (Phi) is 5.49. The zero-order chi connectivity index (χ0) is 23.2. The van der Waals surface area contributed by atoms with Gasteiger partial charge < -0.3 is 10.1 Å². The first-order valence-corrected chi connectivity index (χ1v) is 11.8. The average molecular weight is 468 g/mol. The van der Waals surface area contributed by atoms with E-state index in [1.807, 2.05) is 24.4 Å². The van der Waals surface area contributed by atoms with Crippen LogP contribution in [0.4, 0.5) is 20.4 Å². The number of rotatable bonds is 6. The van der Waals surface area contributed by atoms with Crippen LogP contribution in [0.15, 0.2) is 35.6 Å². The molecule has 10 heteroatoms. The van der Waals surface area contributed by atoms with Gasteiger partial charge >= 0.3 is 0 Å². The van der Waals surface area contributed by atoms with Crippen molar-refractivity contribution in [1.82, 2.24) is 24.5 Å². The average Bonchev–Trinajstić information content (AvgIpc) is 3.34. The summed E-state index contributed by atoms with van der Waals surface area (Å²) in [7, 11) is 0. The Labute approximate surface area is 196 Å². The van der Waals surface area contributed by atoms with Crippen LogP contribution in [0.5, 0.6) is 0 Å². The minimum atomic E-state index is -2.40. The molecule has 0 saturated carbocycles. The van der Waals surface area contributed by atoms with Gasteiger partial charge in [-0.25, -0.2) is 23.3 Å². The molecule has 3 aromatic heterocycles. The number of nitrogens with one attached hydrogen (secondary N) is 1. The topological polar surface area (TPSA) is 79.9 Å². The minimum Gasteiger partial charge on any atom is -0.378 e. The smallest absolute Gasteiger partial charge is 0.241 e. The highest BCUT2D eigenvalue weighted by Gasteiger charge is 2.31. The van der Waals surface area contributed by atoms with Gasteiger partial charge in [-0.2, -0.15) is 0 Å². The van der Waals surface area contributed by atoms with Crippen molar-refractivity contribution in [2.45, 2.75) is 50.6 Å². The fourth-order valence-corrected chi connectivity index (χ4v) is 5.10. The number of aliphatic imine (C=N–C) groups is 1. The summed E-state index contributed by atoms with van der Waals surface area (Å²) in [6.07, 6.45) is 3.11. The summed E-state index contributed by atoms with van der Waals surface area (Å²) in [5.74, 6) is 0.155. The number of hydrogen-bond donors (Lipinski definition) is 1. The molecule has 34 heavy (non-hydrogen) atoms. The maximum atomic E-state index is 13.1. The fourth-order valence-electron chi connectivity index (χ4n) is 5.10. The van der Waals surface area contributed by atoms with Gasteiger partial charge in [-0.3, -0.25) is 9.89 Å². The first-order valence-electron chi connectivity index (χ1n) is 11.8. The Balaban J connectivity index is 1.19. The maximum absolute atomic E-state index is 13.1. The second-order valence-corrected chi connectivity index (χ2v) is 9.32. The molecular formula is C24H27F2N7O. The van der Waals surface area contributed by atoms with Crippen LogP contribution in [-0.4, -0.2) is 75.0 Å². The molecule has 8 nitrogen and oxygen atoms in total. The van der Waals surface area contributed by atoms with Crippen molar-refractivity contribution in [3.8, 4) is 11.3 Å². The Morgan fingerprint density at radius 3 is 2.74 bits per heavy atom. The first kappa shape index (κ1) is 21.5. The van der Waals surface area contributed by atoms with Gasteiger partial charge in [0, 0.05) is 48.9 Å². The number of alkyl halides is 2. The van der Waals surface area contributed by atoms with Crippen molar-refractivity contribution in [2.75, 3.05) is 31.6 Å². The molecule has 0 spiro atoms. The molecule has 3 aliphatic heterocycles. The number of anilines is 1. The van der Waals surface area contributed by atoms with Gasteiger partial charge in [-0.1, -0.05) is 0 Å². The van der Waals surface area contributed by atoms with Crippen LogP contribution in [0.2, 0.25) is 0 Å². The van der Waals surface area contributed by atoms with Crippen LogP contribution in [0, 0.1) is 0 Å². The van der Waals surface area contributed by atoms with Crippen LogP contribution < -0.4 is 5.32 Å². The Bertz CT molecular complexity index is 1230. The lowest BCUT2D eigenvalue weighted by Crippen LogP contribution is -2.53. The van der Waals surface area contributed by atoms with E-state index < -0.39 is 12.3 Å². The second-order valence-electron chi connectivity index (χ2n) is 9.32.